The summed E-state index contributed by atoms with van der Waals surface area (Å²) in [6.45, 7) is 9.69. The van der Waals surface area contributed by atoms with Crippen molar-refractivity contribution in [2.75, 3.05) is 13.2 Å². The van der Waals surface area contributed by atoms with E-state index < -0.39 is 0 Å². The summed E-state index contributed by atoms with van der Waals surface area (Å²) < 4.78 is 11.6. The number of ether oxygens (including phenoxy) is 1. The van der Waals surface area contributed by atoms with Crippen LogP contribution >= 0.6 is 0 Å². The molecule has 20 heavy (non-hydrogen) atoms. The number of furan rings is 1. The Morgan fingerprint density at radius 2 is 2.15 bits per heavy atom. The SMILES string of the molecule is CCNCc1cc(COCC2CC=CCC2C)oc1C. The molecule has 2 unspecified atom stereocenters. The van der Waals surface area contributed by atoms with E-state index >= 15 is 0 Å². The fourth-order valence-corrected chi connectivity index (χ4v) is 2.64. The van der Waals surface area contributed by atoms with Gasteiger partial charge in [0.05, 0.1) is 6.61 Å². The molecule has 0 fully saturated rings. The molecule has 1 aromatic heterocycles. The highest BCUT2D eigenvalue weighted by Gasteiger charge is 2.18. The molecule has 0 aliphatic heterocycles. The molecule has 1 aliphatic rings. The number of allylic oxidation sites excluding steroid dienone is 2. The third-order valence-electron chi connectivity index (χ3n) is 4.13. The maximum atomic E-state index is 5.85. The van der Waals surface area contributed by atoms with E-state index in [1.807, 2.05) is 6.92 Å². The minimum atomic E-state index is 0.583. The van der Waals surface area contributed by atoms with Gasteiger partial charge in [0, 0.05) is 12.1 Å². The fourth-order valence-electron chi connectivity index (χ4n) is 2.64. The van der Waals surface area contributed by atoms with E-state index in [0.717, 1.165) is 43.6 Å². The molecular weight excluding hydrogens is 250 g/mol. The summed E-state index contributed by atoms with van der Waals surface area (Å²) in [6, 6.07) is 2.11. The first kappa shape index (κ1) is 15.3. The average Bonchev–Trinajstić information content (AvgIpc) is 2.79. The second kappa shape index (κ2) is 7.65. The number of nitrogens with one attached hydrogen (secondary N) is 1. The standard InChI is InChI=1S/C17H27NO2/c1-4-18-10-16-9-17(20-14(16)3)12-19-11-15-8-6-5-7-13(15)2/h5-6,9,13,15,18H,4,7-8,10-12H2,1-3H3. The third-order valence-corrected chi connectivity index (χ3v) is 4.13. The molecule has 1 N–H and O–H groups in total. The Morgan fingerprint density at radius 1 is 1.35 bits per heavy atom. The summed E-state index contributed by atoms with van der Waals surface area (Å²) in [5.41, 5.74) is 1.24. The largest absolute Gasteiger partial charge is 0.464 e. The molecule has 0 saturated heterocycles. The minimum Gasteiger partial charge on any atom is -0.464 e. The lowest BCUT2D eigenvalue weighted by Crippen LogP contribution is -2.19. The van der Waals surface area contributed by atoms with Gasteiger partial charge in [0.2, 0.25) is 0 Å². The fraction of sp³-hybridized carbons (Fsp3) is 0.647. The molecule has 112 valence electrons. The van der Waals surface area contributed by atoms with Crippen molar-refractivity contribution in [3.63, 3.8) is 0 Å². The zero-order valence-corrected chi connectivity index (χ0v) is 12.9. The van der Waals surface area contributed by atoms with Gasteiger partial charge in [0.1, 0.15) is 18.1 Å². The predicted molar refractivity (Wildman–Crippen MR) is 81.5 cm³/mol. The van der Waals surface area contributed by atoms with Gasteiger partial charge in [-0.15, -0.1) is 0 Å². The van der Waals surface area contributed by atoms with E-state index in [2.05, 4.69) is 37.4 Å². The summed E-state index contributed by atoms with van der Waals surface area (Å²) in [4.78, 5) is 0. The molecule has 0 radical (unpaired) electrons. The van der Waals surface area contributed by atoms with E-state index in [-0.39, 0.29) is 0 Å². The molecule has 0 bridgehead atoms. The summed E-state index contributed by atoms with van der Waals surface area (Å²) in [5, 5.41) is 3.32. The van der Waals surface area contributed by atoms with Crippen LogP contribution in [0.25, 0.3) is 0 Å². The highest BCUT2D eigenvalue weighted by molar-refractivity contribution is 5.20. The van der Waals surface area contributed by atoms with Crippen molar-refractivity contribution >= 4 is 0 Å². The van der Waals surface area contributed by atoms with Crippen molar-refractivity contribution in [2.45, 2.75) is 46.8 Å². The quantitative estimate of drug-likeness (QED) is 0.769. The van der Waals surface area contributed by atoms with Crippen molar-refractivity contribution in [3.05, 3.63) is 35.3 Å². The van der Waals surface area contributed by atoms with Crippen LogP contribution in [0.15, 0.2) is 22.6 Å². The first-order valence-electron chi connectivity index (χ1n) is 7.72. The molecular formula is C17H27NO2. The van der Waals surface area contributed by atoms with Crippen LogP contribution in [0.5, 0.6) is 0 Å². The summed E-state index contributed by atoms with van der Waals surface area (Å²) in [5.74, 6) is 3.31. The molecule has 1 aliphatic carbocycles. The smallest absolute Gasteiger partial charge is 0.130 e. The Morgan fingerprint density at radius 3 is 2.90 bits per heavy atom. The Balaban J connectivity index is 1.77. The van der Waals surface area contributed by atoms with Crippen LogP contribution in [-0.2, 0) is 17.9 Å². The molecule has 0 saturated carbocycles. The Hall–Kier alpha value is -1.06. The van der Waals surface area contributed by atoms with Gasteiger partial charge in [-0.25, -0.2) is 0 Å². The maximum Gasteiger partial charge on any atom is 0.130 e. The van der Waals surface area contributed by atoms with Crippen molar-refractivity contribution in [1.82, 2.24) is 5.32 Å². The molecule has 2 atom stereocenters. The monoisotopic (exact) mass is 277 g/mol. The van der Waals surface area contributed by atoms with Crippen LogP contribution in [0, 0.1) is 18.8 Å². The van der Waals surface area contributed by atoms with Crippen LogP contribution in [-0.4, -0.2) is 13.2 Å². The molecule has 2 rings (SSSR count). The van der Waals surface area contributed by atoms with Gasteiger partial charge in [-0.05, 0) is 44.2 Å². The molecule has 0 spiro atoms. The van der Waals surface area contributed by atoms with Crippen molar-refractivity contribution in [2.24, 2.45) is 11.8 Å². The Labute approximate surface area is 122 Å². The molecule has 0 amide bonds. The molecule has 1 heterocycles. The summed E-state index contributed by atoms with van der Waals surface area (Å²) in [6.07, 6.45) is 6.88. The second-order valence-corrected chi connectivity index (χ2v) is 5.77. The van der Waals surface area contributed by atoms with Crippen LogP contribution in [0.2, 0.25) is 0 Å². The van der Waals surface area contributed by atoms with Gasteiger partial charge in [-0.3, -0.25) is 0 Å². The highest BCUT2D eigenvalue weighted by Crippen LogP contribution is 2.25. The zero-order valence-electron chi connectivity index (χ0n) is 12.9. The number of aryl methyl sites for hydroxylation is 1. The maximum absolute atomic E-state index is 5.85. The van der Waals surface area contributed by atoms with E-state index in [9.17, 15) is 0 Å². The number of hydrogen-bond acceptors (Lipinski definition) is 3. The molecule has 0 aromatic carbocycles. The highest BCUT2D eigenvalue weighted by atomic mass is 16.5. The lowest BCUT2D eigenvalue weighted by Gasteiger charge is -2.24. The molecule has 1 aromatic rings. The summed E-state index contributed by atoms with van der Waals surface area (Å²) in [7, 11) is 0. The first-order valence-corrected chi connectivity index (χ1v) is 7.72. The third kappa shape index (κ3) is 4.22. The van der Waals surface area contributed by atoms with E-state index in [1.165, 1.54) is 12.0 Å². The van der Waals surface area contributed by atoms with Crippen molar-refractivity contribution < 1.29 is 9.15 Å². The second-order valence-electron chi connectivity index (χ2n) is 5.77. The van der Waals surface area contributed by atoms with Crippen LogP contribution in [0.4, 0.5) is 0 Å². The van der Waals surface area contributed by atoms with Crippen LogP contribution in [0.3, 0.4) is 0 Å². The normalized spacial score (nSPS) is 22.4. The van der Waals surface area contributed by atoms with Gasteiger partial charge in [-0.2, -0.15) is 0 Å². The lowest BCUT2D eigenvalue weighted by atomic mass is 9.85. The summed E-state index contributed by atoms with van der Waals surface area (Å²) >= 11 is 0. The zero-order chi connectivity index (χ0) is 14.4. The van der Waals surface area contributed by atoms with Crippen molar-refractivity contribution in [1.29, 1.82) is 0 Å². The number of rotatable bonds is 7. The van der Waals surface area contributed by atoms with Crippen LogP contribution < -0.4 is 5.32 Å². The van der Waals surface area contributed by atoms with Gasteiger partial charge >= 0.3 is 0 Å². The minimum absolute atomic E-state index is 0.583. The van der Waals surface area contributed by atoms with E-state index in [4.69, 9.17) is 9.15 Å². The van der Waals surface area contributed by atoms with Gasteiger partial charge < -0.3 is 14.5 Å². The van der Waals surface area contributed by atoms with Gasteiger partial charge in [0.15, 0.2) is 0 Å². The van der Waals surface area contributed by atoms with Gasteiger partial charge in [0.25, 0.3) is 0 Å². The average molecular weight is 277 g/mol. The first-order chi connectivity index (χ1) is 9.70. The van der Waals surface area contributed by atoms with Crippen molar-refractivity contribution in [3.8, 4) is 0 Å². The Bertz CT molecular complexity index is 436. The lowest BCUT2D eigenvalue weighted by molar-refractivity contribution is 0.0579. The number of hydrogen-bond donors (Lipinski definition) is 1. The van der Waals surface area contributed by atoms with Crippen LogP contribution in [0.1, 0.15) is 43.8 Å². The molecule has 3 heteroatoms. The van der Waals surface area contributed by atoms with E-state index in [1.54, 1.807) is 0 Å². The van der Waals surface area contributed by atoms with E-state index in [0.29, 0.717) is 12.5 Å². The predicted octanol–water partition coefficient (Wildman–Crippen LogP) is 3.82. The Kier molecular flexibility index (Phi) is 5.86. The molecule has 3 nitrogen and oxygen atoms in total. The van der Waals surface area contributed by atoms with Gasteiger partial charge in [-0.1, -0.05) is 26.0 Å². The topological polar surface area (TPSA) is 34.4 Å².